The fourth-order valence-electron chi connectivity index (χ4n) is 2.44. The molecule has 1 aromatic carbocycles. The number of benzene rings is 1. The van der Waals surface area contributed by atoms with Crippen LogP contribution in [-0.4, -0.2) is 39.9 Å². The molecule has 0 aliphatic rings. The van der Waals surface area contributed by atoms with Crippen LogP contribution in [0.1, 0.15) is 0 Å². The molecule has 0 radical (unpaired) electrons. The Morgan fingerprint density at radius 3 is 2.75 bits per heavy atom. The largest absolute Gasteiger partial charge is 0.235 e. The second-order valence-electron chi connectivity index (χ2n) is 5.00. The van der Waals surface area contributed by atoms with E-state index in [1.165, 1.54) is 11.3 Å². The molecule has 0 N–H and O–H groups in total. The number of tetrazole rings is 1. The van der Waals surface area contributed by atoms with E-state index in [4.69, 9.17) is 11.6 Å². The zero-order valence-corrected chi connectivity index (χ0v) is 13.5. The van der Waals surface area contributed by atoms with Crippen LogP contribution in [0.15, 0.2) is 42.6 Å². The normalized spacial score (nSPS) is 11.5. The zero-order chi connectivity index (χ0) is 16.1. The Labute approximate surface area is 143 Å². The third-order valence-corrected chi connectivity index (χ3v) is 4.73. The maximum atomic E-state index is 5.94. The minimum atomic E-state index is 0.649. The maximum Gasteiger partial charge on any atom is 0.235 e. The van der Waals surface area contributed by atoms with E-state index < -0.39 is 0 Å². The third kappa shape index (κ3) is 1.99. The van der Waals surface area contributed by atoms with Crippen molar-refractivity contribution in [1.82, 2.24) is 39.9 Å². The summed E-state index contributed by atoms with van der Waals surface area (Å²) in [4.78, 5) is 0.699. The highest BCUT2D eigenvalue weighted by Gasteiger charge is 2.17. The second-order valence-corrected chi connectivity index (χ2v) is 6.39. The second kappa shape index (κ2) is 5.05. The first-order valence-electron chi connectivity index (χ1n) is 6.95. The molecule has 0 amide bonds. The summed E-state index contributed by atoms with van der Waals surface area (Å²) in [7, 11) is 0. The van der Waals surface area contributed by atoms with Crippen molar-refractivity contribution in [3.05, 3.63) is 47.6 Å². The van der Waals surface area contributed by atoms with Crippen molar-refractivity contribution < 1.29 is 0 Å². The van der Waals surface area contributed by atoms with Gasteiger partial charge in [-0.1, -0.05) is 22.9 Å². The molecular formula is C14H7ClN8S. The van der Waals surface area contributed by atoms with Crippen LogP contribution in [0, 0.1) is 0 Å². The van der Waals surface area contributed by atoms with Gasteiger partial charge < -0.3 is 0 Å². The van der Waals surface area contributed by atoms with Gasteiger partial charge in [0.15, 0.2) is 16.5 Å². The van der Waals surface area contributed by atoms with Gasteiger partial charge in [0.1, 0.15) is 0 Å². The fraction of sp³-hybridized carbons (Fsp3) is 0. The average molecular weight is 355 g/mol. The fourth-order valence-corrected chi connectivity index (χ4v) is 3.42. The summed E-state index contributed by atoms with van der Waals surface area (Å²) >= 11 is 7.37. The van der Waals surface area contributed by atoms with Crippen molar-refractivity contribution in [3.8, 4) is 22.0 Å². The number of nitrogens with zero attached hydrogens (tertiary/aromatic N) is 8. The van der Waals surface area contributed by atoms with Crippen LogP contribution in [0.5, 0.6) is 0 Å². The van der Waals surface area contributed by atoms with Crippen LogP contribution in [0.2, 0.25) is 5.02 Å². The lowest BCUT2D eigenvalue weighted by atomic mass is 10.2. The van der Waals surface area contributed by atoms with Crippen LogP contribution >= 0.6 is 22.9 Å². The highest BCUT2D eigenvalue weighted by molar-refractivity contribution is 7.19. The van der Waals surface area contributed by atoms with Gasteiger partial charge in [0.2, 0.25) is 4.96 Å². The Morgan fingerprint density at radius 2 is 1.88 bits per heavy atom. The molecule has 0 fully saturated rings. The molecule has 0 aliphatic heterocycles. The Kier molecular flexibility index (Phi) is 2.84. The molecular weight excluding hydrogens is 348 g/mol. The number of fused-ring (bicyclic) bond motifs is 2. The van der Waals surface area contributed by atoms with Crippen LogP contribution < -0.4 is 0 Å². The zero-order valence-electron chi connectivity index (χ0n) is 11.9. The van der Waals surface area contributed by atoms with E-state index in [-0.39, 0.29) is 0 Å². The first-order chi connectivity index (χ1) is 11.8. The smallest absolute Gasteiger partial charge is 0.200 e. The van der Waals surface area contributed by atoms with Crippen molar-refractivity contribution in [2.45, 2.75) is 0 Å². The molecule has 0 bridgehead atoms. The van der Waals surface area contributed by atoms with E-state index in [2.05, 4.69) is 30.8 Å². The van der Waals surface area contributed by atoms with Crippen molar-refractivity contribution in [1.29, 1.82) is 0 Å². The Balaban J connectivity index is 1.70. The van der Waals surface area contributed by atoms with E-state index in [0.717, 1.165) is 16.1 Å². The summed E-state index contributed by atoms with van der Waals surface area (Å²) < 4.78 is 3.33. The van der Waals surface area contributed by atoms with Crippen molar-refractivity contribution in [2.24, 2.45) is 0 Å². The maximum absolute atomic E-state index is 5.94. The molecule has 4 aromatic heterocycles. The molecule has 5 aromatic rings. The quantitative estimate of drug-likeness (QED) is 0.484. The molecule has 4 heterocycles. The lowest BCUT2D eigenvalue weighted by Gasteiger charge is -1.98. The van der Waals surface area contributed by atoms with Gasteiger partial charge in [-0.15, -0.1) is 15.3 Å². The number of aromatic nitrogens is 8. The number of rotatable bonds is 2. The summed E-state index contributed by atoms with van der Waals surface area (Å²) in [5.41, 5.74) is 2.39. The predicted octanol–water partition coefficient (Wildman–Crippen LogP) is 2.61. The SMILES string of the molecule is Clc1ccc(-c2nnc3sc(-c4cccn5nnnc45)nn23)cc1. The van der Waals surface area contributed by atoms with Gasteiger partial charge in [0.25, 0.3) is 0 Å². The monoisotopic (exact) mass is 354 g/mol. The van der Waals surface area contributed by atoms with Gasteiger partial charge >= 0.3 is 0 Å². The van der Waals surface area contributed by atoms with Gasteiger partial charge in [0, 0.05) is 16.8 Å². The minimum Gasteiger partial charge on any atom is -0.200 e. The van der Waals surface area contributed by atoms with E-state index >= 15 is 0 Å². The Hall–Kier alpha value is -2.91. The number of halogens is 1. The molecule has 10 heteroatoms. The average Bonchev–Trinajstić information content (AvgIpc) is 3.30. The third-order valence-electron chi connectivity index (χ3n) is 3.55. The molecule has 5 rings (SSSR count). The molecule has 0 atom stereocenters. The summed E-state index contributed by atoms with van der Waals surface area (Å²) in [6, 6.07) is 11.2. The Bertz CT molecular complexity index is 1170. The van der Waals surface area contributed by atoms with Crippen LogP contribution in [0.3, 0.4) is 0 Å². The van der Waals surface area contributed by atoms with E-state index in [0.29, 0.717) is 21.5 Å². The first-order valence-corrected chi connectivity index (χ1v) is 8.14. The molecule has 24 heavy (non-hydrogen) atoms. The highest BCUT2D eigenvalue weighted by atomic mass is 35.5. The van der Waals surface area contributed by atoms with Gasteiger partial charge in [-0.3, -0.25) is 0 Å². The van der Waals surface area contributed by atoms with Gasteiger partial charge in [-0.2, -0.15) is 14.1 Å². The number of hydrogen-bond acceptors (Lipinski definition) is 7. The molecule has 0 unspecified atom stereocenters. The molecule has 116 valence electrons. The molecule has 8 nitrogen and oxygen atoms in total. The van der Waals surface area contributed by atoms with Crippen LogP contribution in [0.25, 0.3) is 32.6 Å². The van der Waals surface area contributed by atoms with E-state index in [1.54, 1.807) is 15.2 Å². The van der Waals surface area contributed by atoms with Crippen LogP contribution in [0.4, 0.5) is 0 Å². The minimum absolute atomic E-state index is 0.649. The summed E-state index contributed by atoms with van der Waals surface area (Å²) in [6.45, 7) is 0. The summed E-state index contributed by atoms with van der Waals surface area (Å²) in [5, 5.41) is 26.2. The number of pyridine rings is 1. The summed E-state index contributed by atoms with van der Waals surface area (Å²) in [5.74, 6) is 0.663. The van der Waals surface area contributed by atoms with Crippen molar-refractivity contribution in [2.75, 3.05) is 0 Å². The van der Waals surface area contributed by atoms with E-state index in [9.17, 15) is 0 Å². The Morgan fingerprint density at radius 1 is 1.00 bits per heavy atom. The lowest BCUT2D eigenvalue weighted by molar-refractivity contribution is 0.823. The molecule has 0 saturated heterocycles. The predicted molar refractivity (Wildman–Crippen MR) is 88.9 cm³/mol. The topological polar surface area (TPSA) is 86.2 Å². The van der Waals surface area contributed by atoms with Crippen LogP contribution in [-0.2, 0) is 0 Å². The first kappa shape index (κ1) is 13.5. The van der Waals surface area contributed by atoms with Gasteiger partial charge in [0.05, 0.1) is 5.56 Å². The molecule has 0 aliphatic carbocycles. The lowest BCUT2D eigenvalue weighted by Crippen LogP contribution is -1.92. The van der Waals surface area contributed by atoms with Crippen molar-refractivity contribution >= 4 is 33.5 Å². The summed E-state index contributed by atoms with van der Waals surface area (Å²) in [6.07, 6.45) is 1.79. The van der Waals surface area contributed by atoms with Gasteiger partial charge in [-0.25, -0.2) is 0 Å². The van der Waals surface area contributed by atoms with Gasteiger partial charge in [-0.05, 0) is 46.8 Å². The number of hydrogen-bond donors (Lipinski definition) is 0. The van der Waals surface area contributed by atoms with E-state index in [1.807, 2.05) is 36.4 Å². The molecule has 0 saturated carbocycles. The standard InChI is InChI=1S/C14H7ClN8S/c15-9-5-3-8(4-6-9)11-16-18-14-23(11)19-13(24-14)10-2-1-7-22-12(10)17-20-21-22/h1-7H. The van der Waals surface area contributed by atoms with Crippen molar-refractivity contribution in [3.63, 3.8) is 0 Å². The molecule has 0 spiro atoms. The highest BCUT2D eigenvalue weighted by Crippen LogP contribution is 2.29.